The Morgan fingerprint density at radius 1 is 1.00 bits per heavy atom. The molecule has 2 heterocycles. The number of hydrogen-bond acceptors (Lipinski definition) is 6. The zero-order valence-corrected chi connectivity index (χ0v) is 20.0. The van der Waals surface area contributed by atoms with E-state index in [2.05, 4.69) is 15.3 Å². The molecule has 0 saturated heterocycles. The smallest absolute Gasteiger partial charge is 0.258 e. The summed E-state index contributed by atoms with van der Waals surface area (Å²) in [6.45, 7) is 2.04. The van der Waals surface area contributed by atoms with Crippen LogP contribution in [0.4, 0.5) is 5.69 Å². The number of nitrogens with one attached hydrogen (secondary N) is 1. The molecule has 1 amide bonds. The van der Waals surface area contributed by atoms with E-state index >= 15 is 0 Å². The standard InChI is InChI=1S/C27H31N3O4/c1-4-22(31)17-10-12-21-20(14-17)25(27(32)28-21)26(18-11-13-23-24(15-18)34-16-33-23)30(29(2)3)19-8-6-5-7-9-19/h10-15,19H,4-9,16H2,1-3H3,(H,28,32). The summed E-state index contributed by atoms with van der Waals surface area (Å²) in [4.78, 5) is 26.0. The fourth-order valence-electron chi connectivity index (χ4n) is 5.25. The van der Waals surface area contributed by atoms with E-state index in [1.807, 2.05) is 51.4 Å². The van der Waals surface area contributed by atoms with Gasteiger partial charge in [0.05, 0.1) is 11.3 Å². The van der Waals surface area contributed by atoms with E-state index < -0.39 is 0 Å². The molecule has 1 fully saturated rings. The maximum Gasteiger partial charge on any atom is 0.258 e. The summed E-state index contributed by atoms with van der Waals surface area (Å²) in [7, 11) is 4.04. The van der Waals surface area contributed by atoms with Gasteiger partial charge in [-0.3, -0.25) is 9.59 Å². The Kier molecular flexibility index (Phi) is 6.04. The molecule has 2 aromatic carbocycles. The molecule has 0 radical (unpaired) electrons. The van der Waals surface area contributed by atoms with E-state index in [1.54, 1.807) is 6.07 Å². The lowest BCUT2D eigenvalue weighted by Gasteiger charge is -2.42. The van der Waals surface area contributed by atoms with Crippen LogP contribution in [0.25, 0.3) is 11.3 Å². The molecular weight excluding hydrogens is 430 g/mol. The Balaban J connectivity index is 1.74. The minimum absolute atomic E-state index is 0.0582. The van der Waals surface area contributed by atoms with Gasteiger partial charge in [-0.15, -0.1) is 0 Å². The molecule has 7 nitrogen and oxygen atoms in total. The van der Waals surface area contributed by atoms with Gasteiger partial charge in [-0.25, -0.2) is 5.01 Å². The van der Waals surface area contributed by atoms with Gasteiger partial charge in [0.1, 0.15) is 0 Å². The molecule has 0 spiro atoms. The van der Waals surface area contributed by atoms with E-state index in [0.717, 1.165) is 48.2 Å². The van der Waals surface area contributed by atoms with Gasteiger partial charge in [-0.2, -0.15) is 0 Å². The van der Waals surface area contributed by atoms with Gasteiger partial charge < -0.3 is 19.8 Å². The average molecular weight is 462 g/mol. The number of fused-ring (bicyclic) bond motifs is 2. The first kappa shape index (κ1) is 22.5. The van der Waals surface area contributed by atoms with Gasteiger partial charge in [-0.05, 0) is 49.2 Å². The van der Waals surface area contributed by atoms with Crippen molar-refractivity contribution in [3.8, 4) is 11.5 Å². The zero-order valence-electron chi connectivity index (χ0n) is 20.0. The van der Waals surface area contributed by atoms with Crippen LogP contribution in [0.3, 0.4) is 0 Å². The van der Waals surface area contributed by atoms with Crippen molar-refractivity contribution in [2.75, 3.05) is 26.2 Å². The third kappa shape index (κ3) is 3.94. The summed E-state index contributed by atoms with van der Waals surface area (Å²) in [5.74, 6) is 1.27. The van der Waals surface area contributed by atoms with Crippen LogP contribution >= 0.6 is 0 Å². The Hall–Kier alpha value is -3.32. The van der Waals surface area contributed by atoms with Crippen LogP contribution in [0.15, 0.2) is 36.4 Å². The van der Waals surface area contributed by atoms with Crippen LogP contribution in [0.5, 0.6) is 11.5 Å². The van der Waals surface area contributed by atoms with Crippen molar-refractivity contribution in [3.63, 3.8) is 0 Å². The van der Waals surface area contributed by atoms with Crippen LogP contribution in [-0.4, -0.2) is 48.6 Å². The van der Waals surface area contributed by atoms with E-state index in [4.69, 9.17) is 9.47 Å². The highest BCUT2D eigenvalue weighted by molar-refractivity contribution is 6.36. The number of hydrazine groups is 1. The molecule has 178 valence electrons. The maximum atomic E-state index is 13.5. The second-order valence-corrected chi connectivity index (χ2v) is 9.27. The zero-order chi connectivity index (χ0) is 23.8. The summed E-state index contributed by atoms with van der Waals surface area (Å²) in [5, 5.41) is 7.36. The fraction of sp³-hybridized carbons (Fsp3) is 0.407. The summed E-state index contributed by atoms with van der Waals surface area (Å²) in [6.07, 6.45) is 6.09. The molecule has 0 unspecified atom stereocenters. The van der Waals surface area contributed by atoms with Crippen molar-refractivity contribution in [1.29, 1.82) is 0 Å². The predicted molar refractivity (Wildman–Crippen MR) is 131 cm³/mol. The van der Waals surface area contributed by atoms with Crippen molar-refractivity contribution in [2.45, 2.75) is 51.5 Å². The van der Waals surface area contributed by atoms with Crippen LogP contribution in [-0.2, 0) is 4.79 Å². The minimum Gasteiger partial charge on any atom is -0.454 e. The van der Waals surface area contributed by atoms with Gasteiger partial charge in [-0.1, -0.05) is 26.2 Å². The predicted octanol–water partition coefficient (Wildman–Crippen LogP) is 4.94. The topological polar surface area (TPSA) is 71.1 Å². The van der Waals surface area contributed by atoms with Crippen LogP contribution in [0.1, 0.15) is 66.9 Å². The Morgan fingerprint density at radius 2 is 1.74 bits per heavy atom. The summed E-state index contributed by atoms with van der Waals surface area (Å²) < 4.78 is 11.2. The fourth-order valence-corrected chi connectivity index (χ4v) is 5.25. The maximum absolute atomic E-state index is 13.5. The minimum atomic E-state index is -0.161. The number of nitrogens with zero attached hydrogens (tertiary/aromatic N) is 2. The molecule has 1 saturated carbocycles. The highest BCUT2D eigenvalue weighted by Gasteiger charge is 2.35. The molecular formula is C27H31N3O4. The summed E-state index contributed by atoms with van der Waals surface area (Å²) in [6, 6.07) is 11.6. The monoisotopic (exact) mass is 461 g/mol. The molecule has 5 rings (SSSR count). The molecule has 1 N–H and O–H groups in total. The Bertz CT molecular complexity index is 1160. The van der Waals surface area contributed by atoms with Crippen molar-refractivity contribution in [2.24, 2.45) is 0 Å². The highest BCUT2D eigenvalue weighted by Crippen LogP contribution is 2.43. The molecule has 1 aliphatic carbocycles. The number of ether oxygens (including phenoxy) is 2. The molecule has 34 heavy (non-hydrogen) atoms. The number of carbonyl (C=O) groups is 2. The number of ketones is 1. The van der Waals surface area contributed by atoms with Crippen molar-refractivity contribution >= 4 is 28.6 Å². The second kappa shape index (κ2) is 9.14. The number of benzene rings is 2. The number of hydrogen-bond donors (Lipinski definition) is 1. The van der Waals surface area contributed by atoms with Gasteiger partial charge in [0.15, 0.2) is 17.3 Å². The number of amides is 1. The van der Waals surface area contributed by atoms with Crippen molar-refractivity contribution in [1.82, 2.24) is 10.0 Å². The first-order chi connectivity index (χ1) is 16.5. The molecule has 2 aromatic rings. The Labute approximate surface area is 200 Å². The number of anilines is 1. The molecule has 3 aliphatic rings. The van der Waals surface area contributed by atoms with E-state index in [-0.39, 0.29) is 24.5 Å². The van der Waals surface area contributed by atoms with Crippen LogP contribution < -0.4 is 14.8 Å². The largest absolute Gasteiger partial charge is 0.454 e. The number of carbonyl (C=O) groups excluding carboxylic acids is 2. The number of rotatable bonds is 6. The lowest BCUT2D eigenvalue weighted by Crippen LogP contribution is -2.45. The first-order valence-corrected chi connectivity index (χ1v) is 12.1. The molecule has 0 bridgehead atoms. The lowest BCUT2D eigenvalue weighted by molar-refractivity contribution is -0.110. The van der Waals surface area contributed by atoms with E-state index in [1.165, 1.54) is 6.42 Å². The van der Waals surface area contributed by atoms with Crippen molar-refractivity contribution in [3.05, 3.63) is 53.1 Å². The van der Waals surface area contributed by atoms with E-state index in [9.17, 15) is 9.59 Å². The third-order valence-electron chi connectivity index (χ3n) is 6.87. The van der Waals surface area contributed by atoms with Crippen LogP contribution in [0, 0.1) is 0 Å². The number of Topliss-reactive ketones (excluding diaryl/α,β-unsaturated/α-hetero) is 1. The lowest BCUT2D eigenvalue weighted by atomic mass is 9.92. The SMILES string of the molecule is CCC(=O)c1ccc2c(c1)C(=C(c1ccc3c(c1)OCO3)N(C1CCCCC1)N(C)C)C(=O)N2. The van der Waals surface area contributed by atoms with Gasteiger partial charge in [0.2, 0.25) is 6.79 Å². The van der Waals surface area contributed by atoms with Crippen molar-refractivity contribution < 1.29 is 19.1 Å². The van der Waals surface area contributed by atoms with Gasteiger partial charge in [0, 0.05) is 48.9 Å². The molecule has 7 heteroatoms. The molecule has 0 atom stereocenters. The average Bonchev–Trinajstić information content (AvgIpc) is 3.44. The molecule has 0 aromatic heterocycles. The normalized spacial score (nSPS) is 18.6. The van der Waals surface area contributed by atoms with E-state index in [0.29, 0.717) is 29.1 Å². The Morgan fingerprint density at radius 3 is 2.47 bits per heavy atom. The second-order valence-electron chi connectivity index (χ2n) is 9.27. The summed E-state index contributed by atoms with van der Waals surface area (Å²) >= 11 is 0. The van der Waals surface area contributed by atoms with Crippen LogP contribution in [0.2, 0.25) is 0 Å². The van der Waals surface area contributed by atoms with Gasteiger partial charge >= 0.3 is 0 Å². The molecule has 2 aliphatic heterocycles. The van der Waals surface area contributed by atoms with Gasteiger partial charge in [0.25, 0.3) is 5.91 Å². The summed E-state index contributed by atoms with van der Waals surface area (Å²) in [5.41, 5.74) is 4.41. The first-order valence-electron chi connectivity index (χ1n) is 12.1. The third-order valence-corrected chi connectivity index (χ3v) is 6.87. The highest BCUT2D eigenvalue weighted by atomic mass is 16.7. The quantitative estimate of drug-likeness (QED) is 0.373.